The van der Waals surface area contributed by atoms with Crippen molar-refractivity contribution in [3.8, 4) is 0 Å². The second-order valence-electron chi connectivity index (χ2n) is 7.09. The van der Waals surface area contributed by atoms with E-state index in [1.807, 2.05) is 24.3 Å². The number of sulfonamides is 1. The zero-order valence-corrected chi connectivity index (χ0v) is 15.5. The maximum absolute atomic E-state index is 13.0. The first-order valence-electron chi connectivity index (χ1n) is 8.86. The normalized spacial score (nSPS) is 19.8. The fourth-order valence-electron chi connectivity index (χ4n) is 3.56. The fourth-order valence-corrected chi connectivity index (χ4v) is 5.01. The summed E-state index contributed by atoms with van der Waals surface area (Å²) in [5, 5.41) is 11.1. The minimum Gasteiger partial charge on any atom is -0.480 e. The maximum atomic E-state index is 13.0. The van der Waals surface area contributed by atoms with Gasteiger partial charge >= 0.3 is 5.97 Å². The molecule has 7 nitrogen and oxygen atoms in total. The molecule has 142 valence electrons. The molecule has 1 aliphatic carbocycles. The molecule has 0 spiro atoms. The van der Waals surface area contributed by atoms with Crippen LogP contribution in [0.1, 0.15) is 12.8 Å². The lowest BCUT2D eigenvalue weighted by Gasteiger charge is -2.35. The molecule has 4 rings (SSSR count). The second kappa shape index (κ2) is 6.31. The molecule has 1 saturated heterocycles. The molecule has 1 aliphatic heterocycles. The maximum Gasteiger partial charge on any atom is 0.319 e. The van der Waals surface area contributed by atoms with E-state index in [2.05, 4.69) is 0 Å². The van der Waals surface area contributed by atoms with Crippen LogP contribution in [0.3, 0.4) is 0 Å². The summed E-state index contributed by atoms with van der Waals surface area (Å²) in [6.07, 6.45) is 0.716. The number of carboxylic acids is 1. The summed E-state index contributed by atoms with van der Waals surface area (Å²) in [5.74, 6) is -1.48. The Morgan fingerprint density at radius 2 is 1.56 bits per heavy atom. The molecule has 0 unspecified atom stereocenters. The Morgan fingerprint density at radius 1 is 0.926 bits per heavy atom. The van der Waals surface area contributed by atoms with Gasteiger partial charge in [-0.05, 0) is 35.7 Å². The SMILES string of the molecule is O=C(O)C1(C(=O)N2CCN(S(=O)(=O)c3ccc4ccccc4c3)CC2)CC1. The number of carbonyl (C=O) groups is 2. The van der Waals surface area contributed by atoms with E-state index in [0.717, 1.165) is 10.8 Å². The van der Waals surface area contributed by atoms with Gasteiger partial charge in [-0.25, -0.2) is 8.42 Å². The van der Waals surface area contributed by atoms with Gasteiger partial charge in [0.25, 0.3) is 0 Å². The van der Waals surface area contributed by atoms with Gasteiger partial charge in [-0.15, -0.1) is 0 Å². The first-order valence-corrected chi connectivity index (χ1v) is 10.3. The van der Waals surface area contributed by atoms with E-state index >= 15 is 0 Å². The van der Waals surface area contributed by atoms with E-state index in [4.69, 9.17) is 0 Å². The molecule has 1 heterocycles. The van der Waals surface area contributed by atoms with E-state index in [9.17, 15) is 23.1 Å². The Morgan fingerprint density at radius 3 is 2.15 bits per heavy atom. The first-order chi connectivity index (χ1) is 12.8. The number of benzene rings is 2. The minimum atomic E-state index is -3.66. The molecule has 1 N–H and O–H groups in total. The number of carbonyl (C=O) groups excluding carboxylic acids is 1. The van der Waals surface area contributed by atoms with E-state index < -0.39 is 27.3 Å². The number of carboxylic acid groups (broad SMARTS) is 1. The number of piperazine rings is 1. The summed E-state index contributed by atoms with van der Waals surface area (Å²) >= 11 is 0. The van der Waals surface area contributed by atoms with Crippen LogP contribution in [0.15, 0.2) is 47.4 Å². The standard InChI is InChI=1S/C19H20N2O5S/c22-17(19(7-8-19)18(23)24)20-9-11-21(12-10-20)27(25,26)16-6-5-14-3-1-2-4-15(14)13-16/h1-6,13H,7-12H2,(H,23,24). The average molecular weight is 388 g/mol. The number of hydrogen-bond acceptors (Lipinski definition) is 4. The van der Waals surface area contributed by atoms with Gasteiger partial charge in [0.15, 0.2) is 0 Å². The molecule has 0 radical (unpaired) electrons. The van der Waals surface area contributed by atoms with Crippen LogP contribution in [0.25, 0.3) is 10.8 Å². The Hall–Kier alpha value is -2.45. The van der Waals surface area contributed by atoms with Crippen molar-refractivity contribution in [2.24, 2.45) is 5.41 Å². The highest BCUT2D eigenvalue weighted by Gasteiger charge is 2.58. The van der Waals surface area contributed by atoms with Gasteiger partial charge in [0.05, 0.1) is 4.90 Å². The number of hydrogen-bond donors (Lipinski definition) is 1. The third-order valence-electron chi connectivity index (χ3n) is 5.45. The Kier molecular flexibility index (Phi) is 4.20. The van der Waals surface area contributed by atoms with Crippen molar-refractivity contribution in [1.82, 2.24) is 9.21 Å². The predicted octanol–water partition coefficient (Wildman–Crippen LogP) is 1.54. The molecule has 1 saturated carbocycles. The van der Waals surface area contributed by atoms with Gasteiger partial charge in [-0.3, -0.25) is 9.59 Å². The van der Waals surface area contributed by atoms with Crippen molar-refractivity contribution in [3.63, 3.8) is 0 Å². The monoisotopic (exact) mass is 388 g/mol. The predicted molar refractivity (Wildman–Crippen MR) is 98.6 cm³/mol. The van der Waals surface area contributed by atoms with Crippen LogP contribution in [0.4, 0.5) is 0 Å². The zero-order chi connectivity index (χ0) is 19.2. The Bertz CT molecular complexity index is 1020. The number of rotatable bonds is 4. The van der Waals surface area contributed by atoms with Gasteiger partial charge in [-0.1, -0.05) is 30.3 Å². The van der Waals surface area contributed by atoms with Gasteiger partial charge in [0.2, 0.25) is 15.9 Å². The van der Waals surface area contributed by atoms with Crippen LogP contribution in [0.5, 0.6) is 0 Å². The number of amides is 1. The molecule has 2 aromatic carbocycles. The molecule has 27 heavy (non-hydrogen) atoms. The number of aliphatic carboxylic acids is 1. The van der Waals surface area contributed by atoms with Gasteiger partial charge in [0.1, 0.15) is 5.41 Å². The van der Waals surface area contributed by atoms with Crippen molar-refractivity contribution >= 4 is 32.7 Å². The molecule has 0 atom stereocenters. The minimum absolute atomic E-state index is 0.163. The largest absolute Gasteiger partial charge is 0.480 e. The van der Waals surface area contributed by atoms with Crippen LogP contribution in [-0.2, 0) is 19.6 Å². The van der Waals surface area contributed by atoms with Crippen molar-refractivity contribution in [2.45, 2.75) is 17.7 Å². The Labute approximate surface area is 157 Å². The number of fused-ring (bicyclic) bond motifs is 1. The van der Waals surface area contributed by atoms with Gasteiger partial charge < -0.3 is 10.0 Å². The third kappa shape index (κ3) is 2.98. The van der Waals surface area contributed by atoms with Crippen LogP contribution >= 0.6 is 0 Å². The summed E-state index contributed by atoms with van der Waals surface area (Å²) in [6.45, 7) is 0.745. The Balaban J connectivity index is 1.49. The molecule has 0 bridgehead atoms. The van der Waals surface area contributed by atoms with Crippen molar-refractivity contribution in [2.75, 3.05) is 26.2 Å². The molecular formula is C19H20N2O5S. The molecule has 2 fully saturated rings. The second-order valence-corrected chi connectivity index (χ2v) is 9.03. The smallest absolute Gasteiger partial charge is 0.319 e. The lowest BCUT2D eigenvalue weighted by Crippen LogP contribution is -2.53. The summed E-state index contributed by atoms with van der Waals surface area (Å²) < 4.78 is 27.3. The van der Waals surface area contributed by atoms with E-state index in [0.29, 0.717) is 12.8 Å². The zero-order valence-electron chi connectivity index (χ0n) is 14.7. The van der Waals surface area contributed by atoms with Gasteiger partial charge in [0, 0.05) is 26.2 Å². The molecule has 0 aromatic heterocycles. The van der Waals surface area contributed by atoms with Crippen LogP contribution in [-0.4, -0.2) is 60.8 Å². The molecule has 2 aliphatic rings. The highest BCUT2D eigenvalue weighted by atomic mass is 32.2. The summed E-state index contributed by atoms with van der Waals surface area (Å²) in [5.41, 5.74) is -1.28. The third-order valence-corrected chi connectivity index (χ3v) is 7.35. The summed E-state index contributed by atoms with van der Waals surface area (Å²) in [7, 11) is -3.66. The van der Waals surface area contributed by atoms with Crippen molar-refractivity contribution in [3.05, 3.63) is 42.5 Å². The van der Waals surface area contributed by atoms with Gasteiger partial charge in [-0.2, -0.15) is 4.31 Å². The van der Waals surface area contributed by atoms with E-state index in [-0.39, 0.29) is 31.1 Å². The number of nitrogens with zero attached hydrogens (tertiary/aromatic N) is 2. The van der Waals surface area contributed by atoms with Crippen LogP contribution < -0.4 is 0 Å². The van der Waals surface area contributed by atoms with Crippen LogP contribution in [0, 0.1) is 5.41 Å². The highest BCUT2D eigenvalue weighted by Crippen LogP contribution is 2.47. The highest BCUT2D eigenvalue weighted by molar-refractivity contribution is 7.89. The first kappa shape index (κ1) is 17.9. The molecule has 2 aromatic rings. The van der Waals surface area contributed by atoms with Crippen molar-refractivity contribution < 1.29 is 23.1 Å². The topological polar surface area (TPSA) is 95.0 Å². The molecule has 8 heteroatoms. The van der Waals surface area contributed by atoms with E-state index in [1.165, 1.54) is 9.21 Å². The quantitative estimate of drug-likeness (QED) is 0.802. The van der Waals surface area contributed by atoms with Crippen LogP contribution in [0.2, 0.25) is 0 Å². The summed E-state index contributed by atoms with van der Waals surface area (Å²) in [4.78, 5) is 25.5. The average Bonchev–Trinajstić information content (AvgIpc) is 3.49. The van der Waals surface area contributed by atoms with Crippen molar-refractivity contribution in [1.29, 1.82) is 0 Å². The molecular weight excluding hydrogens is 368 g/mol. The van der Waals surface area contributed by atoms with E-state index in [1.54, 1.807) is 18.2 Å². The fraction of sp³-hybridized carbons (Fsp3) is 0.368. The molecule has 1 amide bonds. The summed E-state index contributed by atoms with van der Waals surface area (Å²) in [6, 6.07) is 12.6. The lowest BCUT2D eigenvalue weighted by atomic mass is 10.1. The lowest BCUT2D eigenvalue weighted by molar-refractivity contribution is -0.154.